The largest absolute Gasteiger partial charge is 0.245 e. The smallest absolute Gasteiger partial charge is 0.124 e. The van der Waals surface area contributed by atoms with E-state index in [0.717, 1.165) is 11.3 Å². The number of pyridine rings is 1. The molecule has 0 fully saturated rings. The van der Waals surface area contributed by atoms with Crippen LogP contribution in [0.5, 0.6) is 0 Å². The van der Waals surface area contributed by atoms with Gasteiger partial charge in [0, 0.05) is 21.7 Å². The molecule has 0 radical (unpaired) electrons. The second-order valence-corrected chi connectivity index (χ2v) is 5.56. The summed E-state index contributed by atoms with van der Waals surface area (Å²) in [7, 11) is 0. The van der Waals surface area contributed by atoms with Crippen LogP contribution < -0.4 is 0 Å². The lowest BCUT2D eigenvalue weighted by atomic mass is 9.99. The number of rotatable bonds is 2. The molecule has 0 aliphatic rings. The molecule has 86 valence electrons. The zero-order chi connectivity index (χ0) is 11.8. The van der Waals surface area contributed by atoms with Gasteiger partial charge in [-0.1, -0.05) is 32.0 Å². The van der Waals surface area contributed by atoms with Crippen molar-refractivity contribution in [2.75, 3.05) is 0 Å². The van der Waals surface area contributed by atoms with Gasteiger partial charge in [0.05, 0.1) is 0 Å². The van der Waals surface area contributed by atoms with Gasteiger partial charge in [0.1, 0.15) is 4.83 Å². The number of hydrogen-bond donors (Lipinski definition) is 0. The van der Waals surface area contributed by atoms with E-state index in [-0.39, 0.29) is 0 Å². The molecule has 2 heteroatoms. The first-order valence-corrected chi connectivity index (χ1v) is 6.88. The number of hydrogen-bond acceptors (Lipinski definition) is 2. The number of fused-ring (bicyclic) bond motifs is 3. The molecule has 0 aliphatic carbocycles. The van der Waals surface area contributed by atoms with E-state index >= 15 is 0 Å². The first-order valence-electron chi connectivity index (χ1n) is 6.06. The van der Waals surface area contributed by atoms with Crippen LogP contribution >= 0.6 is 11.3 Å². The van der Waals surface area contributed by atoms with E-state index in [9.17, 15) is 0 Å². The number of aromatic nitrogens is 1. The van der Waals surface area contributed by atoms with Crippen molar-refractivity contribution in [3.8, 4) is 0 Å². The summed E-state index contributed by atoms with van der Waals surface area (Å²) >= 11 is 1.78. The van der Waals surface area contributed by atoms with Crippen LogP contribution in [0, 0.1) is 0 Å². The van der Waals surface area contributed by atoms with Crippen molar-refractivity contribution < 1.29 is 0 Å². The van der Waals surface area contributed by atoms with Crippen molar-refractivity contribution in [2.45, 2.75) is 26.2 Å². The summed E-state index contributed by atoms with van der Waals surface area (Å²) in [5, 5.41) is 2.65. The Balaban J connectivity index is 2.30. The fraction of sp³-hybridized carbons (Fsp3) is 0.267. The van der Waals surface area contributed by atoms with E-state index in [1.165, 1.54) is 21.0 Å². The first-order chi connectivity index (χ1) is 8.29. The minimum Gasteiger partial charge on any atom is -0.245 e. The number of thiophene rings is 1. The molecule has 1 aromatic carbocycles. The first kappa shape index (κ1) is 10.7. The highest BCUT2D eigenvalue weighted by molar-refractivity contribution is 7.25. The maximum absolute atomic E-state index is 4.61. The zero-order valence-corrected chi connectivity index (χ0v) is 10.9. The van der Waals surface area contributed by atoms with Gasteiger partial charge >= 0.3 is 0 Å². The average molecular weight is 241 g/mol. The van der Waals surface area contributed by atoms with Crippen LogP contribution in [0.15, 0.2) is 36.5 Å². The Morgan fingerprint density at radius 3 is 2.88 bits per heavy atom. The molecule has 1 unspecified atom stereocenters. The predicted octanol–water partition coefficient (Wildman–Crippen LogP) is 4.96. The monoisotopic (exact) mass is 241 g/mol. The molecule has 2 heterocycles. The van der Waals surface area contributed by atoms with Gasteiger partial charge in [0.2, 0.25) is 0 Å². The molecule has 0 spiro atoms. The highest BCUT2D eigenvalue weighted by Gasteiger charge is 2.09. The third-order valence-corrected chi connectivity index (χ3v) is 4.53. The fourth-order valence-corrected chi connectivity index (χ4v) is 3.16. The number of benzene rings is 1. The highest BCUT2D eigenvalue weighted by Crippen LogP contribution is 2.34. The van der Waals surface area contributed by atoms with Gasteiger partial charge in [-0.05, 0) is 30.0 Å². The van der Waals surface area contributed by atoms with Crippen LogP contribution in [0.4, 0.5) is 0 Å². The minimum atomic E-state index is 0.588. The van der Waals surface area contributed by atoms with Gasteiger partial charge in [-0.25, -0.2) is 4.98 Å². The Morgan fingerprint density at radius 2 is 2.06 bits per heavy atom. The van der Waals surface area contributed by atoms with Crippen LogP contribution in [0.1, 0.15) is 31.7 Å². The predicted molar refractivity (Wildman–Crippen MR) is 75.8 cm³/mol. The lowest BCUT2D eigenvalue weighted by molar-refractivity contribution is 0.731. The molecule has 1 nitrogen and oxygen atoms in total. The van der Waals surface area contributed by atoms with Gasteiger partial charge in [0.25, 0.3) is 0 Å². The lowest BCUT2D eigenvalue weighted by Gasteiger charge is -2.07. The van der Waals surface area contributed by atoms with E-state index < -0.39 is 0 Å². The van der Waals surface area contributed by atoms with Gasteiger partial charge < -0.3 is 0 Å². The molecule has 2 aromatic heterocycles. The quantitative estimate of drug-likeness (QED) is 0.617. The van der Waals surface area contributed by atoms with Gasteiger partial charge in [-0.15, -0.1) is 11.3 Å². The zero-order valence-electron chi connectivity index (χ0n) is 10.1. The third kappa shape index (κ3) is 1.73. The molecule has 0 N–H and O–H groups in total. The maximum Gasteiger partial charge on any atom is 0.124 e. The summed E-state index contributed by atoms with van der Waals surface area (Å²) in [6, 6.07) is 10.9. The van der Waals surface area contributed by atoms with Crippen molar-refractivity contribution in [3.05, 3.63) is 42.1 Å². The molecular weight excluding hydrogens is 226 g/mol. The lowest BCUT2D eigenvalue weighted by Crippen LogP contribution is -1.91. The van der Waals surface area contributed by atoms with Crippen molar-refractivity contribution in [2.24, 2.45) is 0 Å². The summed E-state index contributed by atoms with van der Waals surface area (Å²) < 4.78 is 1.33. The SMILES string of the molecule is CCC(C)c1cnc2sc3ccccc3c2c1. The second kappa shape index (κ2) is 4.11. The van der Waals surface area contributed by atoms with E-state index in [4.69, 9.17) is 0 Å². The van der Waals surface area contributed by atoms with Crippen LogP contribution in [-0.4, -0.2) is 4.98 Å². The summed E-state index contributed by atoms with van der Waals surface area (Å²) in [5.74, 6) is 0.588. The molecule has 0 aliphatic heterocycles. The Morgan fingerprint density at radius 1 is 1.24 bits per heavy atom. The molecule has 0 saturated heterocycles. The summed E-state index contributed by atoms with van der Waals surface area (Å²) in [6.07, 6.45) is 3.20. The van der Waals surface area contributed by atoms with Crippen LogP contribution in [0.3, 0.4) is 0 Å². The summed E-state index contributed by atoms with van der Waals surface area (Å²) in [6.45, 7) is 4.48. The Labute approximate surface area is 105 Å². The van der Waals surface area contributed by atoms with Crippen LogP contribution in [0.2, 0.25) is 0 Å². The molecule has 3 rings (SSSR count). The maximum atomic E-state index is 4.61. The normalized spacial score (nSPS) is 13.3. The van der Waals surface area contributed by atoms with E-state index in [0.29, 0.717) is 5.92 Å². The second-order valence-electron chi connectivity index (χ2n) is 4.53. The van der Waals surface area contributed by atoms with Crippen LogP contribution in [0.25, 0.3) is 20.3 Å². The third-order valence-electron chi connectivity index (χ3n) is 3.44. The van der Waals surface area contributed by atoms with Gasteiger partial charge in [-0.2, -0.15) is 0 Å². The Bertz CT molecular complexity index is 669. The van der Waals surface area contributed by atoms with Crippen molar-refractivity contribution in [3.63, 3.8) is 0 Å². The summed E-state index contributed by atoms with van der Waals surface area (Å²) in [4.78, 5) is 5.76. The average Bonchev–Trinajstić information content (AvgIpc) is 2.75. The topological polar surface area (TPSA) is 12.9 Å². The Kier molecular flexibility index (Phi) is 2.60. The van der Waals surface area contributed by atoms with Crippen molar-refractivity contribution >= 4 is 31.6 Å². The molecule has 0 amide bonds. The van der Waals surface area contributed by atoms with Crippen molar-refractivity contribution in [1.29, 1.82) is 0 Å². The fourth-order valence-electron chi connectivity index (χ4n) is 2.13. The molecule has 3 aromatic rings. The van der Waals surface area contributed by atoms with E-state index in [1.54, 1.807) is 11.3 Å². The van der Waals surface area contributed by atoms with E-state index in [1.807, 2.05) is 6.20 Å². The molecule has 0 saturated carbocycles. The molecule has 1 atom stereocenters. The number of nitrogens with zero attached hydrogens (tertiary/aromatic N) is 1. The van der Waals surface area contributed by atoms with Gasteiger partial charge in [0.15, 0.2) is 0 Å². The van der Waals surface area contributed by atoms with E-state index in [2.05, 4.69) is 49.2 Å². The molecular formula is C15H15NS. The van der Waals surface area contributed by atoms with Gasteiger partial charge in [-0.3, -0.25) is 0 Å². The van der Waals surface area contributed by atoms with Crippen LogP contribution in [-0.2, 0) is 0 Å². The molecule has 17 heavy (non-hydrogen) atoms. The standard InChI is InChI=1S/C15H15NS/c1-3-10(2)11-8-13-12-6-4-5-7-14(12)17-15(13)16-9-11/h4-10H,3H2,1-2H3. The van der Waals surface area contributed by atoms with Crippen molar-refractivity contribution in [1.82, 2.24) is 4.98 Å². The Hall–Kier alpha value is -1.41. The molecule has 0 bridgehead atoms. The highest BCUT2D eigenvalue weighted by atomic mass is 32.1. The summed E-state index contributed by atoms with van der Waals surface area (Å²) in [5.41, 5.74) is 1.35. The minimum absolute atomic E-state index is 0.588.